The minimum atomic E-state index is -0.260. The van der Waals surface area contributed by atoms with Crippen LogP contribution in [-0.4, -0.2) is 44.1 Å². The predicted molar refractivity (Wildman–Crippen MR) is 111 cm³/mol. The second-order valence-electron chi connectivity index (χ2n) is 6.62. The molecule has 0 N–H and O–H groups in total. The number of anilines is 1. The topological polar surface area (TPSA) is 32.8 Å². The van der Waals surface area contributed by atoms with Gasteiger partial charge >= 0.3 is 0 Å². The van der Waals surface area contributed by atoms with E-state index in [0.29, 0.717) is 18.0 Å². The van der Waals surface area contributed by atoms with Gasteiger partial charge in [0.15, 0.2) is 0 Å². The van der Waals surface area contributed by atoms with E-state index in [1.165, 1.54) is 23.5 Å². The number of rotatable bonds is 4. The number of ether oxygens (including phenoxy) is 1. The zero-order valence-electron chi connectivity index (χ0n) is 15.6. The van der Waals surface area contributed by atoms with Gasteiger partial charge < -0.3 is 14.5 Å². The molecule has 1 fully saturated rings. The smallest absolute Gasteiger partial charge is 0.264 e. The molecule has 1 aliphatic rings. The first-order chi connectivity index (χ1) is 13.7. The maximum Gasteiger partial charge on any atom is 0.264 e. The van der Waals surface area contributed by atoms with Crippen LogP contribution in [0.2, 0.25) is 0 Å². The summed E-state index contributed by atoms with van der Waals surface area (Å²) in [5.41, 5.74) is 1.98. The maximum absolute atomic E-state index is 13.1. The number of nitrogens with zero attached hydrogens (tertiary/aromatic N) is 2. The Labute approximate surface area is 167 Å². The molecule has 0 bridgehead atoms. The molecule has 2 heterocycles. The van der Waals surface area contributed by atoms with Gasteiger partial charge in [-0.15, -0.1) is 11.3 Å². The fraction of sp³-hybridized carbons (Fsp3) is 0.227. The molecule has 1 aliphatic heterocycles. The lowest BCUT2D eigenvalue weighted by molar-refractivity contribution is 0.0751. The van der Waals surface area contributed by atoms with Crippen molar-refractivity contribution in [3.8, 4) is 16.2 Å². The van der Waals surface area contributed by atoms with E-state index in [1.807, 2.05) is 41.3 Å². The molecule has 1 aromatic heterocycles. The monoisotopic (exact) mass is 396 g/mol. The van der Waals surface area contributed by atoms with Crippen LogP contribution in [0.5, 0.6) is 5.75 Å². The van der Waals surface area contributed by atoms with E-state index in [-0.39, 0.29) is 11.7 Å². The number of carbonyl (C=O) groups is 1. The van der Waals surface area contributed by atoms with Crippen LogP contribution in [-0.2, 0) is 0 Å². The second-order valence-corrected chi connectivity index (χ2v) is 7.71. The number of para-hydroxylation sites is 2. The molecule has 144 valence electrons. The lowest BCUT2D eigenvalue weighted by Gasteiger charge is -2.36. The van der Waals surface area contributed by atoms with Gasteiger partial charge in [0.2, 0.25) is 0 Å². The molecule has 0 spiro atoms. The summed E-state index contributed by atoms with van der Waals surface area (Å²) in [4.78, 5) is 18.7. The summed E-state index contributed by atoms with van der Waals surface area (Å²) in [6.45, 7) is 2.87. The molecular formula is C22H21FN2O2S. The molecule has 4 nitrogen and oxygen atoms in total. The van der Waals surface area contributed by atoms with E-state index >= 15 is 0 Å². The molecule has 3 aromatic rings. The summed E-state index contributed by atoms with van der Waals surface area (Å²) in [6.07, 6.45) is 0. The van der Waals surface area contributed by atoms with Gasteiger partial charge in [0.25, 0.3) is 5.91 Å². The third-order valence-electron chi connectivity index (χ3n) is 4.94. The Morgan fingerprint density at radius 3 is 2.39 bits per heavy atom. The van der Waals surface area contributed by atoms with Crippen molar-refractivity contribution < 1.29 is 13.9 Å². The average molecular weight is 396 g/mol. The molecule has 1 saturated heterocycles. The van der Waals surface area contributed by atoms with Crippen LogP contribution in [0, 0.1) is 5.82 Å². The number of methoxy groups -OCH3 is 1. The molecule has 1 amide bonds. The van der Waals surface area contributed by atoms with Gasteiger partial charge in [-0.3, -0.25) is 4.79 Å². The zero-order valence-corrected chi connectivity index (χ0v) is 16.4. The fourth-order valence-electron chi connectivity index (χ4n) is 3.42. The van der Waals surface area contributed by atoms with Gasteiger partial charge in [-0.25, -0.2) is 4.39 Å². The average Bonchev–Trinajstić information content (AvgIpc) is 3.24. The normalized spacial score (nSPS) is 14.2. The SMILES string of the molecule is COc1ccccc1N1CCN(C(=O)c2ccc(-c3ccc(F)cc3)s2)CC1. The number of amides is 1. The van der Waals surface area contributed by atoms with Gasteiger partial charge in [0.05, 0.1) is 17.7 Å². The zero-order chi connectivity index (χ0) is 19.5. The van der Waals surface area contributed by atoms with Crippen LogP contribution in [0.15, 0.2) is 60.7 Å². The van der Waals surface area contributed by atoms with E-state index < -0.39 is 0 Å². The third-order valence-corrected chi connectivity index (χ3v) is 6.06. The summed E-state index contributed by atoms with van der Waals surface area (Å²) < 4.78 is 18.6. The number of piperazine rings is 1. The molecule has 4 rings (SSSR count). The van der Waals surface area contributed by atoms with Gasteiger partial charge in [-0.05, 0) is 42.0 Å². The molecule has 6 heteroatoms. The number of benzene rings is 2. The minimum absolute atomic E-state index is 0.0537. The van der Waals surface area contributed by atoms with Crippen molar-refractivity contribution in [1.82, 2.24) is 4.90 Å². The molecule has 0 aliphatic carbocycles. The fourth-order valence-corrected chi connectivity index (χ4v) is 4.40. The highest BCUT2D eigenvalue weighted by Gasteiger charge is 2.24. The van der Waals surface area contributed by atoms with Crippen LogP contribution >= 0.6 is 11.3 Å². The summed E-state index contributed by atoms with van der Waals surface area (Å²) in [5.74, 6) is 0.645. The Kier molecular flexibility index (Phi) is 5.30. The summed E-state index contributed by atoms with van der Waals surface area (Å²) >= 11 is 1.45. The third kappa shape index (κ3) is 3.73. The van der Waals surface area contributed by atoms with Crippen molar-refractivity contribution in [1.29, 1.82) is 0 Å². The van der Waals surface area contributed by atoms with Crippen molar-refractivity contribution in [2.75, 3.05) is 38.2 Å². The van der Waals surface area contributed by atoms with Gasteiger partial charge in [-0.2, -0.15) is 0 Å². The first-order valence-electron chi connectivity index (χ1n) is 9.19. The highest BCUT2D eigenvalue weighted by molar-refractivity contribution is 7.17. The molecule has 0 radical (unpaired) electrons. The Bertz CT molecular complexity index is 963. The van der Waals surface area contributed by atoms with E-state index in [9.17, 15) is 9.18 Å². The predicted octanol–water partition coefficient (Wildman–Crippen LogP) is 4.53. The molecule has 2 aromatic carbocycles. The van der Waals surface area contributed by atoms with Crippen molar-refractivity contribution in [3.63, 3.8) is 0 Å². The summed E-state index contributed by atoms with van der Waals surface area (Å²) in [7, 11) is 1.67. The maximum atomic E-state index is 13.1. The first kappa shape index (κ1) is 18.5. The van der Waals surface area contributed by atoms with Crippen molar-refractivity contribution in [3.05, 3.63) is 71.4 Å². The first-order valence-corrected chi connectivity index (χ1v) is 10.0. The summed E-state index contributed by atoms with van der Waals surface area (Å²) in [6, 6.07) is 18.1. The number of halogens is 1. The van der Waals surface area contributed by atoms with Gasteiger partial charge in [0, 0.05) is 31.1 Å². The molecule has 0 atom stereocenters. The van der Waals surface area contributed by atoms with Gasteiger partial charge in [0.1, 0.15) is 11.6 Å². The van der Waals surface area contributed by atoms with Crippen LogP contribution in [0.4, 0.5) is 10.1 Å². The Balaban J connectivity index is 1.42. The van der Waals surface area contributed by atoms with Crippen LogP contribution in [0.1, 0.15) is 9.67 Å². The van der Waals surface area contributed by atoms with Gasteiger partial charge in [-0.1, -0.05) is 24.3 Å². The molecule has 0 saturated carbocycles. The summed E-state index contributed by atoms with van der Waals surface area (Å²) in [5, 5.41) is 0. The van der Waals surface area contributed by atoms with Crippen molar-refractivity contribution >= 4 is 22.9 Å². The Morgan fingerprint density at radius 1 is 0.964 bits per heavy atom. The quantitative estimate of drug-likeness (QED) is 0.650. The largest absolute Gasteiger partial charge is 0.495 e. The lowest BCUT2D eigenvalue weighted by atomic mass is 10.2. The standard InChI is InChI=1S/C22H21FN2O2S/c1-27-19-5-3-2-4-18(19)24-12-14-25(15-13-24)22(26)21-11-10-20(28-21)16-6-8-17(23)9-7-16/h2-11H,12-15H2,1H3. The van der Waals surface area contributed by atoms with E-state index in [4.69, 9.17) is 4.74 Å². The number of thiophene rings is 1. The van der Waals surface area contributed by atoms with Crippen LogP contribution < -0.4 is 9.64 Å². The second kappa shape index (κ2) is 8.02. The van der Waals surface area contributed by atoms with Crippen molar-refractivity contribution in [2.24, 2.45) is 0 Å². The van der Waals surface area contributed by atoms with E-state index in [2.05, 4.69) is 4.90 Å². The Hall–Kier alpha value is -2.86. The molecule has 28 heavy (non-hydrogen) atoms. The highest BCUT2D eigenvalue weighted by Crippen LogP contribution is 2.31. The van der Waals surface area contributed by atoms with Crippen LogP contribution in [0.25, 0.3) is 10.4 Å². The Morgan fingerprint density at radius 2 is 1.68 bits per heavy atom. The minimum Gasteiger partial charge on any atom is -0.495 e. The van der Waals surface area contributed by atoms with Crippen LogP contribution in [0.3, 0.4) is 0 Å². The van der Waals surface area contributed by atoms with Crippen molar-refractivity contribution in [2.45, 2.75) is 0 Å². The highest BCUT2D eigenvalue weighted by atomic mass is 32.1. The molecule has 0 unspecified atom stereocenters. The number of hydrogen-bond donors (Lipinski definition) is 0. The van der Waals surface area contributed by atoms with E-state index in [0.717, 1.165) is 35.0 Å². The molecular weight excluding hydrogens is 375 g/mol. The van der Waals surface area contributed by atoms with E-state index in [1.54, 1.807) is 19.2 Å². The lowest BCUT2D eigenvalue weighted by Crippen LogP contribution is -2.48. The number of hydrogen-bond acceptors (Lipinski definition) is 4. The number of carbonyl (C=O) groups excluding carboxylic acids is 1.